The topological polar surface area (TPSA) is 37.8 Å². The van der Waals surface area contributed by atoms with Gasteiger partial charge in [0.25, 0.3) is 0 Å². The Morgan fingerprint density at radius 3 is 2.67 bits per heavy atom. The molecule has 0 saturated heterocycles. The molecule has 0 saturated carbocycles. The number of halogens is 3. The van der Waals surface area contributed by atoms with Gasteiger partial charge in [0.05, 0.1) is 0 Å². The second-order valence-electron chi connectivity index (χ2n) is 2.06. The minimum atomic E-state index is -4.22. The maximum Gasteiger partial charge on any atom is 0.405 e. The van der Waals surface area contributed by atoms with Gasteiger partial charge in [0, 0.05) is 6.20 Å². The van der Waals surface area contributed by atoms with Crippen LogP contribution in [0.5, 0.6) is 0 Å². The molecule has 3 nitrogen and oxygen atoms in total. The molecule has 0 bridgehead atoms. The summed E-state index contributed by atoms with van der Waals surface area (Å²) < 4.78 is 34.9. The van der Waals surface area contributed by atoms with E-state index < -0.39 is 12.7 Å². The molecule has 1 rings (SSSR count). The first-order valence-corrected chi connectivity index (χ1v) is 3.14. The van der Waals surface area contributed by atoms with E-state index in [1.165, 1.54) is 18.6 Å². The Labute approximate surface area is 66.6 Å². The van der Waals surface area contributed by atoms with Gasteiger partial charge in [0.1, 0.15) is 18.7 Å². The summed E-state index contributed by atoms with van der Waals surface area (Å²) >= 11 is 0. The minimum absolute atomic E-state index is 0.169. The molecule has 1 aromatic rings. The SMILES string of the molecule is FC(F)(F)CNc1ccncn1. The van der Waals surface area contributed by atoms with Gasteiger partial charge < -0.3 is 5.32 Å². The average molecular weight is 177 g/mol. The second kappa shape index (κ2) is 3.38. The Morgan fingerprint density at radius 2 is 2.17 bits per heavy atom. The van der Waals surface area contributed by atoms with Crippen molar-refractivity contribution in [2.45, 2.75) is 6.18 Å². The molecule has 1 N–H and O–H groups in total. The number of hydrogen-bond acceptors (Lipinski definition) is 3. The zero-order valence-electron chi connectivity index (χ0n) is 5.97. The quantitative estimate of drug-likeness (QED) is 0.742. The molecule has 0 amide bonds. The van der Waals surface area contributed by atoms with Crippen LogP contribution in [0.3, 0.4) is 0 Å². The van der Waals surface area contributed by atoms with E-state index in [0.29, 0.717) is 0 Å². The minimum Gasteiger partial charge on any atom is -0.361 e. The Balaban J connectivity index is 2.44. The largest absolute Gasteiger partial charge is 0.405 e. The molecule has 0 aliphatic carbocycles. The van der Waals surface area contributed by atoms with Gasteiger partial charge in [-0.25, -0.2) is 9.97 Å². The number of nitrogens with zero attached hydrogens (tertiary/aromatic N) is 2. The monoisotopic (exact) mass is 177 g/mol. The van der Waals surface area contributed by atoms with Crippen molar-refractivity contribution in [1.29, 1.82) is 0 Å². The first kappa shape index (κ1) is 8.76. The van der Waals surface area contributed by atoms with Crippen molar-refractivity contribution in [3.05, 3.63) is 18.6 Å². The fourth-order valence-electron chi connectivity index (χ4n) is 0.586. The lowest BCUT2D eigenvalue weighted by Crippen LogP contribution is -2.21. The van der Waals surface area contributed by atoms with Crippen LogP contribution in [-0.4, -0.2) is 22.7 Å². The predicted octanol–water partition coefficient (Wildman–Crippen LogP) is 1.45. The van der Waals surface area contributed by atoms with Crippen LogP contribution in [0.25, 0.3) is 0 Å². The molecule has 6 heteroatoms. The first-order valence-electron chi connectivity index (χ1n) is 3.14. The second-order valence-corrected chi connectivity index (χ2v) is 2.06. The van der Waals surface area contributed by atoms with Crippen LogP contribution in [0.2, 0.25) is 0 Å². The highest BCUT2D eigenvalue weighted by Gasteiger charge is 2.26. The normalized spacial score (nSPS) is 11.2. The summed E-state index contributed by atoms with van der Waals surface area (Å²) in [6.45, 7) is -1.08. The molecule has 0 spiro atoms. The van der Waals surface area contributed by atoms with Crippen LogP contribution in [0.1, 0.15) is 0 Å². The highest BCUT2D eigenvalue weighted by Crippen LogP contribution is 2.14. The van der Waals surface area contributed by atoms with E-state index in [9.17, 15) is 13.2 Å². The standard InChI is InChI=1S/C6H6F3N3/c7-6(8,9)3-11-5-1-2-10-4-12-5/h1-2,4H,3H2,(H,10,11,12). The zero-order chi connectivity index (χ0) is 9.03. The van der Waals surface area contributed by atoms with Crippen molar-refractivity contribution in [3.8, 4) is 0 Å². The van der Waals surface area contributed by atoms with Gasteiger partial charge in [-0.3, -0.25) is 0 Å². The highest BCUT2D eigenvalue weighted by molar-refractivity contribution is 5.31. The summed E-state index contributed by atoms with van der Waals surface area (Å²) in [5.74, 6) is 0.169. The lowest BCUT2D eigenvalue weighted by Gasteiger charge is -2.07. The van der Waals surface area contributed by atoms with E-state index in [0.717, 1.165) is 0 Å². The smallest absolute Gasteiger partial charge is 0.361 e. The fourth-order valence-corrected chi connectivity index (χ4v) is 0.586. The van der Waals surface area contributed by atoms with E-state index in [2.05, 4.69) is 15.3 Å². The number of alkyl halides is 3. The summed E-state index contributed by atoms with van der Waals surface area (Å²) in [5.41, 5.74) is 0. The molecule has 1 aromatic heterocycles. The molecule has 0 aliphatic rings. The number of anilines is 1. The van der Waals surface area contributed by atoms with Gasteiger partial charge in [-0.1, -0.05) is 0 Å². The van der Waals surface area contributed by atoms with E-state index in [1.807, 2.05) is 0 Å². The number of rotatable bonds is 2. The summed E-state index contributed by atoms with van der Waals surface area (Å²) in [7, 11) is 0. The molecule has 0 fully saturated rings. The molecule has 0 atom stereocenters. The Kier molecular flexibility index (Phi) is 2.47. The van der Waals surface area contributed by atoms with Gasteiger partial charge in [-0.05, 0) is 6.07 Å². The molecule has 0 radical (unpaired) electrons. The van der Waals surface area contributed by atoms with Crippen molar-refractivity contribution in [2.24, 2.45) is 0 Å². The lowest BCUT2D eigenvalue weighted by molar-refractivity contribution is -0.115. The summed E-state index contributed by atoms with van der Waals surface area (Å²) in [6.07, 6.45) is -1.67. The van der Waals surface area contributed by atoms with Crippen molar-refractivity contribution in [2.75, 3.05) is 11.9 Å². The molecule has 0 aliphatic heterocycles. The van der Waals surface area contributed by atoms with Gasteiger partial charge >= 0.3 is 6.18 Å². The number of nitrogens with one attached hydrogen (secondary N) is 1. The van der Waals surface area contributed by atoms with E-state index in [-0.39, 0.29) is 5.82 Å². The van der Waals surface area contributed by atoms with Crippen LogP contribution >= 0.6 is 0 Å². The molecule has 1 heterocycles. The first-order chi connectivity index (χ1) is 5.58. The molecular weight excluding hydrogens is 171 g/mol. The fraction of sp³-hybridized carbons (Fsp3) is 0.333. The molecule has 0 aromatic carbocycles. The third-order valence-corrected chi connectivity index (χ3v) is 1.05. The summed E-state index contributed by atoms with van der Waals surface area (Å²) in [5, 5.41) is 2.11. The number of hydrogen-bond donors (Lipinski definition) is 1. The van der Waals surface area contributed by atoms with Crippen molar-refractivity contribution < 1.29 is 13.2 Å². The zero-order valence-corrected chi connectivity index (χ0v) is 5.97. The summed E-state index contributed by atoms with van der Waals surface area (Å²) in [4.78, 5) is 7.12. The third kappa shape index (κ3) is 3.18. The van der Waals surface area contributed by atoms with Crippen LogP contribution in [0.15, 0.2) is 18.6 Å². The Hall–Kier alpha value is -1.33. The maximum atomic E-state index is 11.6. The number of aromatic nitrogens is 2. The van der Waals surface area contributed by atoms with Crippen LogP contribution in [-0.2, 0) is 0 Å². The average Bonchev–Trinajstić information content (AvgIpc) is 2.02. The van der Waals surface area contributed by atoms with Crippen molar-refractivity contribution in [1.82, 2.24) is 9.97 Å². The molecular formula is C6H6F3N3. The van der Waals surface area contributed by atoms with Gasteiger partial charge in [-0.2, -0.15) is 13.2 Å². The Bertz CT molecular complexity index is 234. The third-order valence-electron chi connectivity index (χ3n) is 1.05. The molecule has 66 valence electrons. The summed E-state index contributed by atoms with van der Waals surface area (Å²) in [6, 6.07) is 1.37. The Morgan fingerprint density at radius 1 is 1.42 bits per heavy atom. The van der Waals surface area contributed by atoms with Crippen molar-refractivity contribution in [3.63, 3.8) is 0 Å². The van der Waals surface area contributed by atoms with Crippen LogP contribution in [0, 0.1) is 0 Å². The van der Waals surface area contributed by atoms with E-state index >= 15 is 0 Å². The van der Waals surface area contributed by atoms with Gasteiger partial charge in [-0.15, -0.1) is 0 Å². The molecule has 0 unspecified atom stereocenters. The highest BCUT2D eigenvalue weighted by atomic mass is 19.4. The van der Waals surface area contributed by atoms with E-state index in [1.54, 1.807) is 0 Å². The van der Waals surface area contributed by atoms with Crippen molar-refractivity contribution >= 4 is 5.82 Å². The van der Waals surface area contributed by atoms with Crippen LogP contribution < -0.4 is 5.32 Å². The maximum absolute atomic E-state index is 11.6. The van der Waals surface area contributed by atoms with Crippen LogP contribution in [0.4, 0.5) is 19.0 Å². The predicted molar refractivity (Wildman–Crippen MR) is 36.6 cm³/mol. The lowest BCUT2D eigenvalue weighted by atomic mass is 10.5. The van der Waals surface area contributed by atoms with Gasteiger partial charge in [0.15, 0.2) is 0 Å². The molecule has 12 heavy (non-hydrogen) atoms. The van der Waals surface area contributed by atoms with Gasteiger partial charge in [0.2, 0.25) is 0 Å². The van der Waals surface area contributed by atoms with E-state index in [4.69, 9.17) is 0 Å².